The molecule has 0 radical (unpaired) electrons. The molecule has 1 atom stereocenters. The molecule has 2 saturated heterocycles. The molecule has 0 saturated carbocycles. The fraction of sp³-hybridized carbons (Fsp3) is 0.400. The van der Waals surface area contributed by atoms with Crippen molar-refractivity contribution in [3.63, 3.8) is 0 Å². The van der Waals surface area contributed by atoms with Crippen LogP contribution in [0.15, 0.2) is 47.1 Å². The Balaban J connectivity index is 1.33. The smallest absolute Gasteiger partial charge is 0.254 e. The highest BCUT2D eigenvalue weighted by atomic mass is 16.5. The zero-order chi connectivity index (χ0) is 18.6. The van der Waals surface area contributed by atoms with Gasteiger partial charge in [0.2, 0.25) is 5.91 Å². The van der Waals surface area contributed by atoms with Gasteiger partial charge in [-0.2, -0.15) is 0 Å². The maximum absolute atomic E-state index is 12.5. The number of hydrogen-bond donors (Lipinski definition) is 1. The van der Waals surface area contributed by atoms with Crippen LogP contribution in [0.1, 0.15) is 22.5 Å². The van der Waals surface area contributed by atoms with Gasteiger partial charge in [-0.05, 0) is 18.2 Å². The second-order valence-corrected chi connectivity index (χ2v) is 6.90. The third-order valence-electron chi connectivity index (χ3n) is 4.93. The van der Waals surface area contributed by atoms with E-state index in [1.807, 2.05) is 30.3 Å². The number of rotatable bonds is 5. The van der Waals surface area contributed by atoms with Crippen molar-refractivity contribution in [1.29, 1.82) is 0 Å². The summed E-state index contributed by atoms with van der Waals surface area (Å²) in [5.41, 5.74) is 1.35. The minimum Gasteiger partial charge on any atom is -0.467 e. The van der Waals surface area contributed by atoms with E-state index in [0.29, 0.717) is 25.1 Å². The minimum atomic E-state index is -0.209. The van der Waals surface area contributed by atoms with Gasteiger partial charge in [0, 0.05) is 31.7 Å². The van der Waals surface area contributed by atoms with E-state index >= 15 is 0 Å². The highest BCUT2D eigenvalue weighted by Crippen LogP contribution is 2.21. The van der Waals surface area contributed by atoms with Crippen molar-refractivity contribution >= 4 is 17.5 Å². The normalized spacial score (nSPS) is 20.8. The van der Waals surface area contributed by atoms with Crippen LogP contribution >= 0.6 is 0 Å². The summed E-state index contributed by atoms with van der Waals surface area (Å²) in [5, 5.41) is 2.95. The molecule has 0 unspecified atom stereocenters. The molecule has 2 amide bonds. The predicted octanol–water partition coefficient (Wildman–Crippen LogP) is 1.65. The lowest BCUT2D eigenvalue weighted by Gasteiger charge is -2.25. The van der Waals surface area contributed by atoms with Gasteiger partial charge in [0.15, 0.2) is 0 Å². The van der Waals surface area contributed by atoms with Crippen molar-refractivity contribution in [2.75, 3.05) is 37.7 Å². The number of benzene rings is 1. The lowest BCUT2D eigenvalue weighted by atomic mass is 10.2. The molecule has 2 fully saturated rings. The lowest BCUT2D eigenvalue weighted by molar-refractivity contribution is -0.117. The minimum absolute atomic E-state index is 0.0201. The summed E-state index contributed by atoms with van der Waals surface area (Å²) in [6.45, 7) is 4.32. The van der Waals surface area contributed by atoms with Crippen LogP contribution in [-0.4, -0.2) is 55.6 Å². The number of nitrogens with one attached hydrogen (secondary N) is 1. The van der Waals surface area contributed by atoms with Gasteiger partial charge < -0.3 is 19.4 Å². The van der Waals surface area contributed by atoms with E-state index in [2.05, 4.69) is 10.2 Å². The molecule has 3 heterocycles. The maximum Gasteiger partial charge on any atom is 0.254 e. The number of carbonyl (C=O) groups is 2. The van der Waals surface area contributed by atoms with Gasteiger partial charge in [-0.1, -0.05) is 18.2 Å². The molecule has 1 aromatic heterocycles. The third kappa shape index (κ3) is 4.20. The number of morpholine rings is 1. The Bertz CT molecular complexity index is 799. The van der Waals surface area contributed by atoms with Crippen LogP contribution in [0, 0.1) is 0 Å². The molecule has 7 nitrogen and oxygen atoms in total. The van der Waals surface area contributed by atoms with Crippen LogP contribution in [0.5, 0.6) is 0 Å². The molecule has 2 aliphatic heterocycles. The molecule has 1 aromatic carbocycles. The van der Waals surface area contributed by atoms with E-state index in [1.54, 1.807) is 11.0 Å². The Hall–Kier alpha value is -2.64. The van der Waals surface area contributed by atoms with Crippen LogP contribution in [0.4, 0.5) is 5.69 Å². The topological polar surface area (TPSA) is 75.0 Å². The number of amides is 2. The quantitative estimate of drug-likeness (QED) is 0.867. The van der Waals surface area contributed by atoms with Crippen molar-refractivity contribution in [2.45, 2.75) is 19.0 Å². The Morgan fingerprint density at radius 1 is 1.19 bits per heavy atom. The third-order valence-corrected chi connectivity index (χ3v) is 4.93. The standard InChI is InChI=1S/C20H23N3O4/c24-19-11-16(12-23(19)17-4-2-1-3-5-17)21-20(25)15-10-18(27-14-15)13-22-6-8-26-9-7-22/h1-5,10,14,16H,6-9,11-13H2,(H,21,25)/t16-/m1/s1. The van der Waals surface area contributed by atoms with E-state index in [0.717, 1.165) is 37.8 Å². The summed E-state index contributed by atoms with van der Waals surface area (Å²) >= 11 is 0. The second kappa shape index (κ2) is 7.94. The molecular formula is C20H23N3O4. The first-order chi connectivity index (χ1) is 13.2. The van der Waals surface area contributed by atoms with Gasteiger partial charge in [0.05, 0.1) is 31.4 Å². The average molecular weight is 369 g/mol. The Labute approximate surface area is 157 Å². The van der Waals surface area contributed by atoms with Crippen molar-refractivity contribution in [2.24, 2.45) is 0 Å². The summed E-state index contributed by atoms with van der Waals surface area (Å²) < 4.78 is 10.9. The van der Waals surface area contributed by atoms with Gasteiger partial charge in [-0.25, -0.2) is 0 Å². The van der Waals surface area contributed by atoms with Crippen molar-refractivity contribution in [3.8, 4) is 0 Å². The largest absolute Gasteiger partial charge is 0.467 e. The number of anilines is 1. The first-order valence-corrected chi connectivity index (χ1v) is 9.23. The first kappa shape index (κ1) is 17.8. The van der Waals surface area contributed by atoms with Crippen LogP contribution in [-0.2, 0) is 16.1 Å². The number of nitrogens with zero attached hydrogens (tertiary/aromatic N) is 2. The zero-order valence-electron chi connectivity index (χ0n) is 15.1. The molecule has 1 N–H and O–H groups in total. The van der Waals surface area contributed by atoms with E-state index in [-0.39, 0.29) is 17.9 Å². The van der Waals surface area contributed by atoms with Crippen LogP contribution < -0.4 is 10.2 Å². The van der Waals surface area contributed by atoms with Crippen LogP contribution in [0.25, 0.3) is 0 Å². The molecule has 0 spiro atoms. The summed E-state index contributed by atoms with van der Waals surface area (Å²) in [4.78, 5) is 28.7. The van der Waals surface area contributed by atoms with Crippen molar-refractivity contribution in [3.05, 3.63) is 54.0 Å². The molecule has 142 valence electrons. The van der Waals surface area contributed by atoms with Crippen molar-refractivity contribution < 1.29 is 18.7 Å². The van der Waals surface area contributed by atoms with Gasteiger partial charge in [0.1, 0.15) is 12.0 Å². The van der Waals surface area contributed by atoms with Gasteiger partial charge in [-0.3, -0.25) is 14.5 Å². The Morgan fingerprint density at radius 2 is 1.96 bits per heavy atom. The van der Waals surface area contributed by atoms with E-state index < -0.39 is 0 Å². The molecule has 4 rings (SSSR count). The summed E-state index contributed by atoms with van der Waals surface area (Å²) in [6.07, 6.45) is 1.79. The number of ether oxygens (including phenoxy) is 1. The molecule has 0 aliphatic carbocycles. The number of carbonyl (C=O) groups excluding carboxylic acids is 2. The van der Waals surface area contributed by atoms with Crippen LogP contribution in [0.3, 0.4) is 0 Å². The highest BCUT2D eigenvalue weighted by Gasteiger charge is 2.31. The Kier molecular flexibility index (Phi) is 5.22. The van der Waals surface area contributed by atoms with Gasteiger partial charge in [-0.15, -0.1) is 0 Å². The lowest BCUT2D eigenvalue weighted by Crippen LogP contribution is -2.37. The van der Waals surface area contributed by atoms with E-state index in [4.69, 9.17) is 9.15 Å². The highest BCUT2D eigenvalue weighted by molar-refractivity contribution is 5.98. The zero-order valence-corrected chi connectivity index (χ0v) is 15.1. The van der Waals surface area contributed by atoms with Crippen molar-refractivity contribution in [1.82, 2.24) is 10.2 Å². The average Bonchev–Trinajstić information content (AvgIpc) is 3.30. The molecule has 2 aliphatic rings. The fourth-order valence-electron chi connectivity index (χ4n) is 3.49. The summed E-state index contributed by atoms with van der Waals surface area (Å²) in [7, 11) is 0. The fourth-order valence-corrected chi connectivity index (χ4v) is 3.49. The maximum atomic E-state index is 12.5. The summed E-state index contributed by atoms with van der Waals surface area (Å²) in [6, 6.07) is 11.1. The SMILES string of the molecule is O=C(N[C@@H]1CC(=O)N(c2ccccc2)C1)c1coc(CN2CCOCC2)c1. The number of furan rings is 1. The number of hydrogen-bond acceptors (Lipinski definition) is 5. The first-order valence-electron chi connectivity index (χ1n) is 9.23. The van der Waals surface area contributed by atoms with Crippen LogP contribution in [0.2, 0.25) is 0 Å². The molecule has 0 bridgehead atoms. The van der Waals surface area contributed by atoms with Gasteiger partial charge in [0.25, 0.3) is 5.91 Å². The summed E-state index contributed by atoms with van der Waals surface area (Å²) in [5.74, 6) is 0.571. The molecule has 27 heavy (non-hydrogen) atoms. The number of para-hydroxylation sites is 1. The van der Waals surface area contributed by atoms with Gasteiger partial charge >= 0.3 is 0 Å². The van der Waals surface area contributed by atoms with E-state index in [1.165, 1.54) is 6.26 Å². The molecule has 7 heteroatoms. The molecular weight excluding hydrogens is 346 g/mol. The molecule has 2 aromatic rings. The second-order valence-electron chi connectivity index (χ2n) is 6.90. The Morgan fingerprint density at radius 3 is 2.74 bits per heavy atom. The predicted molar refractivity (Wildman–Crippen MR) is 99.5 cm³/mol. The van der Waals surface area contributed by atoms with E-state index in [9.17, 15) is 9.59 Å². The monoisotopic (exact) mass is 369 g/mol.